The molecule has 1 fully saturated rings. The van der Waals surface area contributed by atoms with Gasteiger partial charge in [0, 0.05) is 23.5 Å². The van der Waals surface area contributed by atoms with Crippen molar-refractivity contribution in [1.82, 2.24) is 4.90 Å². The molecule has 2 N–H and O–H groups in total. The first-order valence-corrected chi connectivity index (χ1v) is 7.83. The zero-order chi connectivity index (χ0) is 14.8. The summed E-state index contributed by atoms with van der Waals surface area (Å²) in [5.74, 6) is 0.760. The minimum atomic E-state index is -0.254. The fraction of sp³-hybridized carbons (Fsp3) is 0.500. The second-order valence-corrected chi connectivity index (χ2v) is 6.00. The van der Waals surface area contributed by atoms with E-state index < -0.39 is 0 Å². The van der Waals surface area contributed by atoms with E-state index in [1.807, 2.05) is 24.3 Å². The molecule has 1 aliphatic rings. The molecule has 0 amide bonds. The molecular formula is C16H21ClN2O2. The summed E-state index contributed by atoms with van der Waals surface area (Å²) in [4.78, 5) is 2.40. The molecule has 0 saturated carbocycles. The van der Waals surface area contributed by atoms with Crippen LogP contribution in [0.4, 0.5) is 0 Å². The lowest BCUT2D eigenvalue weighted by molar-refractivity contribution is -0.0434. The van der Waals surface area contributed by atoms with E-state index in [-0.39, 0.29) is 12.1 Å². The highest BCUT2D eigenvalue weighted by Crippen LogP contribution is 2.28. The van der Waals surface area contributed by atoms with Gasteiger partial charge in [0.2, 0.25) is 0 Å². The van der Waals surface area contributed by atoms with Crippen molar-refractivity contribution >= 4 is 22.6 Å². The van der Waals surface area contributed by atoms with Crippen molar-refractivity contribution in [3.8, 4) is 0 Å². The Balaban J connectivity index is 1.77. The van der Waals surface area contributed by atoms with Gasteiger partial charge >= 0.3 is 0 Å². The molecule has 1 aromatic carbocycles. The van der Waals surface area contributed by atoms with Gasteiger partial charge in [-0.2, -0.15) is 0 Å². The molecular weight excluding hydrogens is 288 g/mol. The molecule has 5 heteroatoms. The molecule has 0 bridgehead atoms. The summed E-state index contributed by atoms with van der Waals surface area (Å²) in [6.45, 7) is 5.83. The zero-order valence-corrected chi connectivity index (χ0v) is 13.0. The third kappa shape index (κ3) is 3.24. The van der Waals surface area contributed by atoms with Gasteiger partial charge in [-0.15, -0.1) is 0 Å². The third-order valence-corrected chi connectivity index (χ3v) is 4.18. The first-order valence-electron chi connectivity index (χ1n) is 7.46. The predicted molar refractivity (Wildman–Crippen MR) is 84.6 cm³/mol. The summed E-state index contributed by atoms with van der Waals surface area (Å²) < 4.78 is 11.7. The lowest BCUT2D eigenvalue weighted by Gasteiger charge is -2.34. The Morgan fingerprint density at radius 1 is 1.43 bits per heavy atom. The van der Waals surface area contributed by atoms with Gasteiger partial charge in [-0.05, 0) is 37.2 Å². The first kappa shape index (κ1) is 14.9. The number of rotatable bonds is 4. The van der Waals surface area contributed by atoms with Crippen LogP contribution < -0.4 is 5.73 Å². The number of hydrogen-bond donors (Lipinski definition) is 1. The molecule has 0 aliphatic carbocycles. The number of hydrogen-bond acceptors (Lipinski definition) is 4. The van der Waals surface area contributed by atoms with Crippen molar-refractivity contribution in [2.45, 2.75) is 25.5 Å². The quantitative estimate of drug-likeness (QED) is 0.942. The number of morpholine rings is 1. The number of nitrogens with zero attached hydrogens (tertiary/aromatic N) is 1. The summed E-state index contributed by atoms with van der Waals surface area (Å²) in [7, 11) is 0. The van der Waals surface area contributed by atoms with E-state index in [0.717, 1.165) is 49.4 Å². The molecule has 1 aromatic heterocycles. The fourth-order valence-corrected chi connectivity index (χ4v) is 3.03. The number of fused-ring (bicyclic) bond motifs is 1. The summed E-state index contributed by atoms with van der Waals surface area (Å²) >= 11 is 6.01. The summed E-state index contributed by atoms with van der Waals surface area (Å²) in [5, 5.41) is 1.68. The van der Waals surface area contributed by atoms with Gasteiger partial charge in [0.25, 0.3) is 0 Å². The van der Waals surface area contributed by atoms with Crippen molar-refractivity contribution in [1.29, 1.82) is 0 Å². The Morgan fingerprint density at radius 3 is 3.10 bits per heavy atom. The standard InChI is InChI=1S/C16H21ClN2O2/c1-2-5-19-6-7-20-15(10-19)16(18)14-9-11-8-12(17)3-4-13(11)21-14/h3-4,8-9,15-16H,2,5-7,10,18H2,1H3. The highest BCUT2D eigenvalue weighted by Gasteiger charge is 2.28. The third-order valence-electron chi connectivity index (χ3n) is 3.94. The van der Waals surface area contributed by atoms with Crippen LogP contribution in [0.5, 0.6) is 0 Å². The van der Waals surface area contributed by atoms with Crippen molar-refractivity contribution in [3.05, 3.63) is 35.0 Å². The van der Waals surface area contributed by atoms with Crippen molar-refractivity contribution in [2.75, 3.05) is 26.2 Å². The molecule has 0 radical (unpaired) electrons. The van der Waals surface area contributed by atoms with E-state index in [1.165, 1.54) is 0 Å². The average molecular weight is 309 g/mol. The monoisotopic (exact) mass is 308 g/mol. The van der Waals surface area contributed by atoms with E-state index in [9.17, 15) is 0 Å². The first-order chi connectivity index (χ1) is 10.2. The highest BCUT2D eigenvalue weighted by atomic mass is 35.5. The maximum atomic E-state index is 6.35. The highest BCUT2D eigenvalue weighted by molar-refractivity contribution is 6.31. The van der Waals surface area contributed by atoms with Gasteiger partial charge in [-0.1, -0.05) is 18.5 Å². The van der Waals surface area contributed by atoms with E-state index >= 15 is 0 Å². The molecule has 3 rings (SSSR count). The van der Waals surface area contributed by atoms with Gasteiger partial charge < -0.3 is 14.9 Å². The van der Waals surface area contributed by atoms with Gasteiger partial charge in [0.05, 0.1) is 18.8 Å². The van der Waals surface area contributed by atoms with Crippen LogP contribution in [-0.4, -0.2) is 37.2 Å². The van der Waals surface area contributed by atoms with Crippen LogP contribution in [0.15, 0.2) is 28.7 Å². The Morgan fingerprint density at radius 2 is 2.29 bits per heavy atom. The molecule has 0 spiro atoms. The molecule has 2 aromatic rings. The van der Waals surface area contributed by atoms with Gasteiger partial charge in [-0.25, -0.2) is 0 Å². The number of nitrogens with two attached hydrogens (primary N) is 1. The molecule has 2 unspecified atom stereocenters. The van der Waals surface area contributed by atoms with Crippen LogP contribution in [0.3, 0.4) is 0 Å². The largest absolute Gasteiger partial charge is 0.459 e. The second kappa shape index (κ2) is 6.36. The van der Waals surface area contributed by atoms with E-state index in [2.05, 4.69) is 11.8 Å². The Hall–Kier alpha value is -1.07. The number of benzene rings is 1. The second-order valence-electron chi connectivity index (χ2n) is 5.57. The Labute approximate surface area is 129 Å². The number of halogens is 1. The van der Waals surface area contributed by atoms with E-state index in [0.29, 0.717) is 5.02 Å². The maximum Gasteiger partial charge on any atom is 0.134 e. The minimum Gasteiger partial charge on any atom is -0.459 e. The predicted octanol–water partition coefficient (Wildman–Crippen LogP) is 3.20. The fourth-order valence-electron chi connectivity index (χ4n) is 2.85. The molecule has 114 valence electrons. The number of furan rings is 1. The average Bonchev–Trinajstić information content (AvgIpc) is 2.90. The maximum absolute atomic E-state index is 6.35. The minimum absolute atomic E-state index is 0.0265. The van der Waals surface area contributed by atoms with Crippen molar-refractivity contribution in [2.24, 2.45) is 5.73 Å². The van der Waals surface area contributed by atoms with Crippen molar-refractivity contribution < 1.29 is 9.15 Å². The smallest absolute Gasteiger partial charge is 0.134 e. The van der Waals surface area contributed by atoms with Crippen LogP contribution >= 0.6 is 11.6 Å². The van der Waals surface area contributed by atoms with Crippen molar-refractivity contribution in [3.63, 3.8) is 0 Å². The van der Waals surface area contributed by atoms with Gasteiger partial charge in [0.1, 0.15) is 11.3 Å². The summed E-state index contributed by atoms with van der Waals surface area (Å²) in [5.41, 5.74) is 7.16. The lowest BCUT2D eigenvalue weighted by Crippen LogP contribution is -2.47. The molecule has 2 atom stereocenters. The molecule has 2 heterocycles. The normalized spacial score (nSPS) is 21.8. The topological polar surface area (TPSA) is 51.6 Å². The van der Waals surface area contributed by atoms with Crippen LogP contribution in [0.1, 0.15) is 25.1 Å². The Bertz CT molecular complexity index is 611. The zero-order valence-electron chi connectivity index (χ0n) is 12.2. The molecule has 1 aliphatic heterocycles. The molecule has 4 nitrogen and oxygen atoms in total. The van der Waals surface area contributed by atoms with Crippen LogP contribution in [0, 0.1) is 0 Å². The SMILES string of the molecule is CCCN1CCOC(C(N)c2cc3cc(Cl)ccc3o2)C1. The van der Waals surface area contributed by atoms with Crippen LogP contribution in [0.2, 0.25) is 5.02 Å². The van der Waals surface area contributed by atoms with E-state index in [4.69, 9.17) is 26.5 Å². The number of ether oxygens (including phenoxy) is 1. The van der Waals surface area contributed by atoms with Gasteiger partial charge in [0.15, 0.2) is 0 Å². The van der Waals surface area contributed by atoms with Crippen LogP contribution in [-0.2, 0) is 4.74 Å². The molecule has 1 saturated heterocycles. The van der Waals surface area contributed by atoms with E-state index in [1.54, 1.807) is 0 Å². The Kier molecular flexibility index (Phi) is 4.50. The molecule has 21 heavy (non-hydrogen) atoms. The van der Waals surface area contributed by atoms with Crippen LogP contribution in [0.25, 0.3) is 11.0 Å². The lowest BCUT2D eigenvalue weighted by atomic mass is 10.1. The summed E-state index contributed by atoms with van der Waals surface area (Å²) in [6.07, 6.45) is 1.12. The van der Waals surface area contributed by atoms with Gasteiger partial charge in [-0.3, -0.25) is 4.90 Å². The summed E-state index contributed by atoms with van der Waals surface area (Å²) in [6, 6.07) is 7.30.